The molecule has 1 amide bonds. The molecule has 3 aromatic heterocycles. The monoisotopic (exact) mass is 791 g/mol. The number of nitrogens with zero attached hydrogens (tertiary/aromatic N) is 6. The van der Waals surface area contributed by atoms with E-state index in [2.05, 4.69) is 27.8 Å². The Hall–Kier alpha value is -5.02. The molecule has 0 radical (unpaired) electrons. The Morgan fingerprint density at radius 2 is 1.81 bits per heavy atom. The molecular formula is C44H53N7O7. The summed E-state index contributed by atoms with van der Waals surface area (Å²) in [7, 11) is 1.76. The number of piperazine rings is 1. The van der Waals surface area contributed by atoms with Crippen molar-refractivity contribution in [3.05, 3.63) is 82.5 Å². The number of carbonyl (C=O) groups is 1. The van der Waals surface area contributed by atoms with Gasteiger partial charge < -0.3 is 43.8 Å². The number of carboxylic acid groups (broad SMARTS) is 1. The lowest BCUT2D eigenvalue weighted by Gasteiger charge is -2.48. The SMILES string of the molecule is C[C@@H]1CN(C2CCN(c3nc(C(COC4CCCCO4)(OC4CC4)c4cccc(O)c4)c4cc(-c5cn(C)c(=O)c6[nH]ccc56)ccc4n3)CC2)[C@@H](C)CN1C(=O)O. The molecule has 0 spiro atoms. The molecule has 0 bridgehead atoms. The largest absolute Gasteiger partial charge is 0.508 e. The molecule has 3 N–H and O–H groups in total. The van der Waals surface area contributed by atoms with Crippen LogP contribution in [0.3, 0.4) is 0 Å². The number of nitrogens with one attached hydrogen (secondary N) is 1. The number of ether oxygens (including phenoxy) is 3. The third-order valence-corrected chi connectivity index (χ3v) is 12.6. The topological polar surface area (TPSA) is 159 Å². The number of rotatable bonds is 10. The van der Waals surface area contributed by atoms with E-state index in [-0.39, 0.29) is 36.1 Å². The van der Waals surface area contributed by atoms with Crippen LogP contribution in [0.15, 0.2) is 65.7 Å². The van der Waals surface area contributed by atoms with Gasteiger partial charge in [-0.2, -0.15) is 0 Å². The maximum absolute atomic E-state index is 13.1. The summed E-state index contributed by atoms with van der Waals surface area (Å²) in [4.78, 5) is 45.1. The number of pyridine rings is 1. The number of aromatic hydroxyl groups is 1. The van der Waals surface area contributed by atoms with Gasteiger partial charge in [-0.1, -0.05) is 18.2 Å². The number of hydrogen-bond acceptors (Lipinski definition) is 10. The minimum atomic E-state index is -1.24. The minimum Gasteiger partial charge on any atom is -0.508 e. The van der Waals surface area contributed by atoms with Gasteiger partial charge >= 0.3 is 6.09 Å². The Morgan fingerprint density at radius 3 is 2.55 bits per heavy atom. The van der Waals surface area contributed by atoms with Gasteiger partial charge in [0.15, 0.2) is 11.9 Å². The molecule has 14 heteroatoms. The van der Waals surface area contributed by atoms with Crippen molar-refractivity contribution in [2.75, 3.05) is 44.3 Å². The molecule has 1 aliphatic carbocycles. The quantitative estimate of drug-likeness (QED) is 0.148. The normalized spacial score (nSPS) is 23.4. The van der Waals surface area contributed by atoms with Crippen LogP contribution in [-0.4, -0.2) is 116 Å². The molecule has 9 rings (SSSR count). The van der Waals surface area contributed by atoms with Crippen molar-refractivity contribution in [1.29, 1.82) is 0 Å². The summed E-state index contributed by atoms with van der Waals surface area (Å²) in [5.74, 6) is 0.711. The number of hydrogen-bond donors (Lipinski definition) is 3. The highest BCUT2D eigenvalue weighted by molar-refractivity contribution is 5.97. The average Bonchev–Trinajstić information content (AvgIpc) is 3.92. The summed E-state index contributed by atoms with van der Waals surface area (Å²) < 4.78 is 21.6. The van der Waals surface area contributed by atoms with Gasteiger partial charge in [0, 0.05) is 86.7 Å². The number of H-pyrrole nitrogens is 1. The zero-order valence-corrected chi connectivity index (χ0v) is 33.5. The number of aromatic nitrogens is 4. The first-order chi connectivity index (χ1) is 28.1. The molecule has 14 nitrogen and oxygen atoms in total. The number of aryl methyl sites for hydroxylation is 1. The van der Waals surface area contributed by atoms with Crippen molar-refractivity contribution in [2.45, 2.75) is 94.9 Å². The van der Waals surface area contributed by atoms with Gasteiger partial charge in [0.2, 0.25) is 5.95 Å². The number of fused-ring (bicyclic) bond motifs is 2. The number of amides is 1. The van der Waals surface area contributed by atoms with Crippen molar-refractivity contribution in [3.63, 3.8) is 0 Å². The van der Waals surface area contributed by atoms with E-state index in [1.54, 1.807) is 34.8 Å². The summed E-state index contributed by atoms with van der Waals surface area (Å²) in [6.07, 6.45) is 8.72. The molecule has 2 aromatic carbocycles. The second-order valence-electron chi connectivity index (χ2n) is 16.7. The minimum absolute atomic E-state index is 0.0280. The number of phenols is 1. The van der Waals surface area contributed by atoms with Gasteiger partial charge in [-0.25, -0.2) is 14.8 Å². The van der Waals surface area contributed by atoms with Crippen molar-refractivity contribution >= 4 is 33.8 Å². The molecule has 5 aromatic rings. The lowest BCUT2D eigenvalue weighted by atomic mass is 9.87. The maximum Gasteiger partial charge on any atom is 0.407 e. The van der Waals surface area contributed by atoms with Crippen molar-refractivity contribution in [1.82, 2.24) is 29.3 Å². The van der Waals surface area contributed by atoms with E-state index >= 15 is 0 Å². The highest BCUT2D eigenvalue weighted by Gasteiger charge is 2.46. The van der Waals surface area contributed by atoms with Gasteiger partial charge in [0.1, 0.15) is 11.3 Å². The summed E-state index contributed by atoms with van der Waals surface area (Å²) in [6, 6.07) is 15.7. The zero-order chi connectivity index (χ0) is 40.1. The first-order valence-electron chi connectivity index (χ1n) is 20.8. The van der Waals surface area contributed by atoms with Crippen LogP contribution in [0.25, 0.3) is 32.9 Å². The lowest BCUT2D eigenvalue weighted by molar-refractivity contribution is -0.197. The van der Waals surface area contributed by atoms with Crippen molar-refractivity contribution < 1.29 is 29.2 Å². The fraction of sp³-hybridized carbons (Fsp3) is 0.500. The molecule has 3 aliphatic heterocycles. The third kappa shape index (κ3) is 7.31. The zero-order valence-electron chi connectivity index (χ0n) is 33.5. The number of phenolic OH excluding ortho intramolecular Hbond substituents is 1. The summed E-state index contributed by atoms with van der Waals surface area (Å²) >= 11 is 0. The molecule has 3 saturated heterocycles. The van der Waals surface area contributed by atoms with E-state index in [9.17, 15) is 19.8 Å². The first kappa shape index (κ1) is 38.5. The lowest BCUT2D eigenvalue weighted by Crippen LogP contribution is -2.61. The van der Waals surface area contributed by atoms with Gasteiger partial charge in [0.05, 0.1) is 23.9 Å². The number of benzene rings is 2. The second-order valence-corrected chi connectivity index (χ2v) is 16.7. The van der Waals surface area contributed by atoms with Crippen LogP contribution in [0.1, 0.15) is 70.1 Å². The molecule has 2 unspecified atom stereocenters. The van der Waals surface area contributed by atoms with Crippen LogP contribution in [0, 0.1) is 0 Å². The molecule has 6 heterocycles. The summed E-state index contributed by atoms with van der Waals surface area (Å²) in [5.41, 5.74) is 3.09. The highest BCUT2D eigenvalue weighted by atomic mass is 16.7. The highest BCUT2D eigenvalue weighted by Crippen LogP contribution is 2.45. The van der Waals surface area contributed by atoms with Gasteiger partial charge in [-0.3, -0.25) is 9.69 Å². The van der Waals surface area contributed by atoms with Gasteiger partial charge in [0.25, 0.3) is 5.56 Å². The summed E-state index contributed by atoms with van der Waals surface area (Å²) in [6.45, 7) is 7.51. The Labute approximate surface area is 337 Å². The fourth-order valence-corrected chi connectivity index (χ4v) is 9.28. The predicted molar refractivity (Wildman–Crippen MR) is 220 cm³/mol. The van der Waals surface area contributed by atoms with Crippen molar-refractivity contribution in [2.24, 2.45) is 7.05 Å². The first-order valence-corrected chi connectivity index (χ1v) is 20.8. The number of piperidine rings is 1. The molecule has 1 saturated carbocycles. The fourth-order valence-electron chi connectivity index (χ4n) is 9.28. The molecule has 4 aliphatic rings. The Bertz CT molecular complexity index is 2360. The summed E-state index contributed by atoms with van der Waals surface area (Å²) in [5, 5.41) is 22.3. The number of anilines is 1. The molecule has 306 valence electrons. The van der Waals surface area contributed by atoms with Crippen LogP contribution >= 0.6 is 0 Å². The molecule has 4 fully saturated rings. The molecule has 58 heavy (non-hydrogen) atoms. The Balaban J connectivity index is 1.16. The van der Waals surface area contributed by atoms with Gasteiger partial charge in [-0.05, 0) is 100 Å². The van der Waals surface area contributed by atoms with E-state index in [0.29, 0.717) is 42.9 Å². The average molecular weight is 792 g/mol. The van der Waals surface area contributed by atoms with Crippen LogP contribution in [0.2, 0.25) is 0 Å². The van der Waals surface area contributed by atoms with Crippen molar-refractivity contribution in [3.8, 4) is 16.9 Å². The van der Waals surface area contributed by atoms with E-state index < -0.39 is 18.0 Å². The van der Waals surface area contributed by atoms with E-state index in [0.717, 1.165) is 91.0 Å². The van der Waals surface area contributed by atoms with E-state index in [4.69, 9.17) is 24.2 Å². The van der Waals surface area contributed by atoms with Crippen LogP contribution in [-0.2, 0) is 26.9 Å². The smallest absolute Gasteiger partial charge is 0.407 e. The predicted octanol–water partition coefficient (Wildman–Crippen LogP) is 6.19. The maximum atomic E-state index is 13.1. The van der Waals surface area contributed by atoms with E-state index in [1.807, 2.05) is 43.5 Å². The number of aromatic amines is 1. The van der Waals surface area contributed by atoms with E-state index in [1.165, 1.54) is 0 Å². The third-order valence-electron chi connectivity index (χ3n) is 12.6. The van der Waals surface area contributed by atoms with Crippen LogP contribution in [0.4, 0.5) is 10.7 Å². The standard InChI is InChI=1S/C44H53N7O7/c1-27-24-51(43(54)55)28(2)23-50(27)31-15-18-49(19-16-31)42-46-37-13-10-29(36-25-48(3)41(53)39-34(36)14-17-45-39)21-35(37)40(47-42)44(58-33-11-12-33,30-7-6-8-32(52)22-30)26-57-38-9-4-5-20-56-38/h6-8,10,13-14,17,21-22,25,27-28,31,33,38,45,52H,4-5,9,11-12,15-16,18-20,23-24,26H2,1-3H3,(H,54,55)/t27-,28+,38?,44?/m0/s1. The second kappa shape index (κ2) is 15.6. The Kier molecular flexibility index (Phi) is 10.4. The van der Waals surface area contributed by atoms with Crippen LogP contribution < -0.4 is 10.5 Å². The Morgan fingerprint density at radius 1 is 0.983 bits per heavy atom. The molecule has 4 atom stereocenters. The van der Waals surface area contributed by atoms with Crippen LogP contribution in [0.5, 0.6) is 5.75 Å². The van der Waals surface area contributed by atoms with Gasteiger partial charge in [-0.15, -0.1) is 0 Å². The molecular weight excluding hydrogens is 739 g/mol.